The van der Waals surface area contributed by atoms with Crippen molar-refractivity contribution in [2.75, 3.05) is 0 Å². The maximum absolute atomic E-state index is 12.2. The second kappa shape index (κ2) is 4.03. The van der Waals surface area contributed by atoms with Gasteiger partial charge in [0.15, 0.2) is 0 Å². The molecule has 2 aromatic heterocycles. The first kappa shape index (κ1) is 10.9. The topological polar surface area (TPSA) is 71.3 Å². The summed E-state index contributed by atoms with van der Waals surface area (Å²) in [6.07, 6.45) is 8.44. The van der Waals surface area contributed by atoms with E-state index in [0.29, 0.717) is 17.8 Å². The van der Waals surface area contributed by atoms with E-state index in [1.165, 1.54) is 6.42 Å². The van der Waals surface area contributed by atoms with Crippen LogP contribution in [0.2, 0.25) is 0 Å². The third-order valence-electron chi connectivity index (χ3n) is 4.15. The zero-order valence-electron chi connectivity index (χ0n) is 10.4. The largest absolute Gasteiger partial charge is 0.346 e. The Hall–Kier alpha value is -1.95. The second-order valence-corrected chi connectivity index (χ2v) is 5.36. The quantitative estimate of drug-likeness (QED) is 0.814. The van der Waals surface area contributed by atoms with Gasteiger partial charge in [0.1, 0.15) is 18.3 Å². The number of hydrogen-bond donors (Lipinski definition) is 2. The fourth-order valence-corrected chi connectivity index (χ4v) is 3.18. The monoisotopic (exact) mass is 257 g/mol. The molecule has 2 saturated heterocycles. The Labute approximate surface area is 110 Å². The summed E-state index contributed by atoms with van der Waals surface area (Å²) in [6, 6.07) is 3.03. The van der Waals surface area contributed by atoms with Crippen LogP contribution in [0.15, 0.2) is 24.9 Å². The van der Waals surface area contributed by atoms with Crippen molar-refractivity contribution >= 4 is 11.4 Å². The fraction of sp³-hybridized carbons (Fsp3) is 0.462. The number of carbonyl (C=O) groups is 1. The van der Waals surface area contributed by atoms with Crippen molar-refractivity contribution in [3.63, 3.8) is 0 Å². The summed E-state index contributed by atoms with van der Waals surface area (Å²) in [5.74, 6) is -0.0944. The lowest BCUT2D eigenvalue weighted by molar-refractivity contribution is 0.0926. The van der Waals surface area contributed by atoms with Crippen LogP contribution < -0.4 is 10.6 Å². The Morgan fingerprint density at radius 2 is 2.37 bits per heavy atom. The van der Waals surface area contributed by atoms with Crippen LogP contribution >= 0.6 is 0 Å². The van der Waals surface area contributed by atoms with E-state index in [0.717, 1.165) is 18.4 Å². The Morgan fingerprint density at radius 1 is 1.42 bits per heavy atom. The lowest BCUT2D eigenvalue weighted by Crippen LogP contribution is -2.43. The van der Waals surface area contributed by atoms with E-state index in [-0.39, 0.29) is 11.9 Å². The van der Waals surface area contributed by atoms with Crippen LogP contribution in [0.25, 0.3) is 5.52 Å². The molecule has 0 spiro atoms. The van der Waals surface area contributed by atoms with E-state index >= 15 is 0 Å². The number of amides is 1. The van der Waals surface area contributed by atoms with E-state index in [2.05, 4.69) is 20.6 Å². The molecule has 0 aromatic carbocycles. The number of nitrogens with zero attached hydrogens (tertiary/aromatic N) is 3. The standard InChI is InChI=1S/C13H15N5O/c19-13(17-11-3-8-1-2-10(11)16-8)12-4-9-5-14-6-18(9)7-15-12/h4-8,10-11,16H,1-3H2,(H,17,19). The first-order valence-corrected chi connectivity index (χ1v) is 6.64. The van der Waals surface area contributed by atoms with E-state index in [4.69, 9.17) is 0 Å². The minimum Gasteiger partial charge on any atom is -0.346 e. The van der Waals surface area contributed by atoms with Crippen LogP contribution in [0.4, 0.5) is 0 Å². The molecule has 2 N–H and O–H groups in total. The summed E-state index contributed by atoms with van der Waals surface area (Å²) in [7, 11) is 0. The maximum Gasteiger partial charge on any atom is 0.270 e. The molecule has 4 heterocycles. The molecule has 0 saturated carbocycles. The Bertz CT molecular complexity index is 637. The molecule has 98 valence electrons. The number of nitrogens with one attached hydrogen (secondary N) is 2. The summed E-state index contributed by atoms with van der Waals surface area (Å²) < 4.78 is 1.79. The predicted octanol–water partition coefficient (Wildman–Crippen LogP) is 0.352. The van der Waals surface area contributed by atoms with E-state index < -0.39 is 0 Å². The minimum atomic E-state index is -0.0944. The van der Waals surface area contributed by atoms with Crippen molar-refractivity contribution in [2.24, 2.45) is 0 Å². The van der Waals surface area contributed by atoms with Gasteiger partial charge in [0, 0.05) is 18.1 Å². The van der Waals surface area contributed by atoms with Gasteiger partial charge in [-0.2, -0.15) is 0 Å². The molecule has 0 aliphatic carbocycles. The van der Waals surface area contributed by atoms with Gasteiger partial charge >= 0.3 is 0 Å². The van der Waals surface area contributed by atoms with Gasteiger partial charge in [0.2, 0.25) is 0 Å². The molecule has 2 aromatic rings. The molecule has 19 heavy (non-hydrogen) atoms. The summed E-state index contributed by atoms with van der Waals surface area (Å²) in [5, 5.41) is 6.60. The van der Waals surface area contributed by atoms with Gasteiger partial charge in [-0.25, -0.2) is 9.97 Å². The van der Waals surface area contributed by atoms with Gasteiger partial charge in [-0.3, -0.25) is 9.20 Å². The van der Waals surface area contributed by atoms with Crippen molar-refractivity contribution in [1.82, 2.24) is 25.0 Å². The summed E-state index contributed by atoms with van der Waals surface area (Å²) in [5.41, 5.74) is 1.34. The highest BCUT2D eigenvalue weighted by atomic mass is 16.2. The smallest absolute Gasteiger partial charge is 0.270 e. The molecule has 4 rings (SSSR count). The van der Waals surface area contributed by atoms with Gasteiger partial charge in [0.25, 0.3) is 5.91 Å². The lowest BCUT2D eigenvalue weighted by Gasteiger charge is -2.21. The number of fused-ring (bicyclic) bond motifs is 3. The first-order chi connectivity index (χ1) is 9.29. The van der Waals surface area contributed by atoms with Gasteiger partial charge < -0.3 is 10.6 Å². The number of imidazole rings is 1. The average Bonchev–Trinajstić information content (AvgIpc) is 3.13. The minimum absolute atomic E-state index is 0.0944. The number of hydrogen-bond acceptors (Lipinski definition) is 4. The molecule has 3 atom stereocenters. The van der Waals surface area contributed by atoms with Crippen LogP contribution in [0, 0.1) is 0 Å². The van der Waals surface area contributed by atoms with Crippen molar-refractivity contribution in [2.45, 2.75) is 37.4 Å². The Morgan fingerprint density at radius 3 is 3.16 bits per heavy atom. The Kier molecular flexibility index (Phi) is 2.32. The fourth-order valence-electron chi connectivity index (χ4n) is 3.18. The molecule has 2 fully saturated rings. The SMILES string of the molecule is O=C(NC1CC2CCC1N2)c1cc2cncn2cn1. The second-order valence-electron chi connectivity index (χ2n) is 5.36. The summed E-state index contributed by atoms with van der Waals surface area (Å²) >= 11 is 0. The zero-order valence-corrected chi connectivity index (χ0v) is 10.4. The predicted molar refractivity (Wildman–Crippen MR) is 68.8 cm³/mol. The lowest BCUT2D eigenvalue weighted by atomic mass is 9.95. The van der Waals surface area contributed by atoms with Gasteiger partial charge in [-0.1, -0.05) is 0 Å². The first-order valence-electron chi connectivity index (χ1n) is 6.64. The molecule has 2 aliphatic rings. The zero-order chi connectivity index (χ0) is 12.8. The maximum atomic E-state index is 12.2. The van der Waals surface area contributed by atoms with Crippen molar-refractivity contribution < 1.29 is 4.79 Å². The van der Waals surface area contributed by atoms with Crippen LogP contribution in [0.3, 0.4) is 0 Å². The number of rotatable bonds is 2. The van der Waals surface area contributed by atoms with Crippen LogP contribution in [-0.2, 0) is 0 Å². The highest BCUT2D eigenvalue weighted by Crippen LogP contribution is 2.28. The molecule has 6 nitrogen and oxygen atoms in total. The van der Waals surface area contributed by atoms with E-state index in [1.54, 1.807) is 29.3 Å². The molecule has 2 bridgehead atoms. The van der Waals surface area contributed by atoms with Crippen molar-refractivity contribution in [1.29, 1.82) is 0 Å². The summed E-state index contributed by atoms with van der Waals surface area (Å²) in [6.45, 7) is 0. The Balaban J connectivity index is 1.53. The van der Waals surface area contributed by atoms with Gasteiger partial charge in [-0.05, 0) is 25.3 Å². The van der Waals surface area contributed by atoms with Crippen LogP contribution in [0.1, 0.15) is 29.8 Å². The number of carbonyl (C=O) groups excluding carboxylic acids is 1. The molecule has 6 heteroatoms. The third kappa shape index (κ3) is 1.79. The third-order valence-corrected chi connectivity index (χ3v) is 4.15. The molecule has 1 amide bonds. The molecule has 0 radical (unpaired) electrons. The van der Waals surface area contributed by atoms with Crippen LogP contribution in [0.5, 0.6) is 0 Å². The van der Waals surface area contributed by atoms with E-state index in [9.17, 15) is 4.79 Å². The molecule has 2 aliphatic heterocycles. The normalized spacial score (nSPS) is 28.9. The van der Waals surface area contributed by atoms with Gasteiger partial charge in [-0.15, -0.1) is 0 Å². The van der Waals surface area contributed by atoms with E-state index in [1.807, 2.05) is 0 Å². The molecule has 3 unspecified atom stereocenters. The number of aromatic nitrogens is 3. The molecular formula is C13H15N5O. The van der Waals surface area contributed by atoms with Gasteiger partial charge in [0.05, 0.1) is 11.7 Å². The molecular weight excluding hydrogens is 242 g/mol. The van der Waals surface area contributed by atoms with Crippen molar-refractivity contribution in [3.05, 3.63) is 30.6 Å². The summed E-state index contributed by atoms with van der Waals surface area (Å²) in [4.78, 5) is 20.4. The van der Waals surface area contributed by atoms with Crippen LogP contribution in [-0.4, -0.2) is 38.4 Å². The van der Waals surface area contributed by atoms with Crippen molar-refractivity contribution in [3.8, 4) is 0 Å². The highest BCUT2D eigenvalue weighted by molar-refractivity contribution is 5.93. The average molecular weight is 257 g/mol. The highest BCUT2D eigenvalue weighted by Gasteiger charge is 2.39.